The maximum Gasteiger partial charge on any atom is 0.222 e. The summed E-state index contributed by atoms with van der Waals surface area (Å²) < 4.78 is 5.96. The lowest BCUT2D eigenvalue weighted by atomic mass is 10.0. The molecule has 2 atom stereocenters. The van der Waals surface area contributed by atoms with Gasteiger partial charge in [0.1, 0.15) is 0 Å². The summed E-state index contributed by atoms with van der Waals surface area (Å²) >= 11 is 5.91. The second kappa shape index (κ2) is 8.88. The number of benzene rings is 1. The van der Waals surface area contributed by atoms with Crippen LogP contribution in [0.15, 0.2) is 24.3 Å². The summed E-state index contributed by atoms with van der Waals surface area (Å²) in [5.74, 6) is 0.276. The SMILES string of the molecule is Cl.O=C1CCCCN1C[C@H]1CN[C@@H](Cc2ccc(Cl)cc2)CO1. The first-order chi connectivity index (χ1) is 10.7. The highest BCUT2D eigenvalue weighted by Crippen LogP contribution is 2.15. The van der Waals surface area contributed by atoms with E-state index in [1.807, 2.05) is 17.0 Å². The first kappa shape index (κ1) is 18.5. The van der Waals surface area contributed by atoms with E-state index >= 15 is 0 Å². The van der Waals surface area contributed by atoms with Gasteiger partial charge in [-0.2, -0.15) is 0 Å². The van der Waals surface area contributed by atoms with Crippen LogP contribution in [0.4, 0.5) is 0 Å². The number of carbonyl (C=O) groups excluding carboxylic acids is 1. The Bertz CT molecular complexity index is 502. The van der Waals surface area contributed by atoms with E-state index in [0.717, 1.165) is 43.9 Å². The summed E-state index contributed by atoms with van der Waals surface area (Å²) in [6.07, 6.45) is 3.89. The van der Waals surface area contributed by atoms with E-state index in [-0.39, 0.29) is 24.4 Å². The van der Waals surface area contributed by atoms with Gasteiger partial charge in [0, 0.05) is 37.1 Å². The number of ether oxygens (including phenoxy) is 1. The number of likely N-dealkylation sites (tertiary alicyclic amines) is 1. The van der Waals surface area contributed by atoms with Crippen LogP contribution in [0.5, 0.6) is 0 Å². The van der Waals surface area contributed by atoms with E-state index < -0.39 is 0 Å². The quantitative estimate of drug-likeness (QED) is 0.899. The van der Waals surface area contributed by atoms with Crippen LogP contribution in [-0.4, -0.2) is 49.2 Å². The molecule has 0 aromatic heterocycles. The second-order valence-electron chi connectivity index (χ2n) is 6.19. The van der Waals surface area contributed by atoms with Gasteiger partial charge >= 0.3 is 0 Å². The van der Waals surface area contributed by atoms with Gasteiger partial charge in [0.2, 0.25) is 5.91 Å². The lowest BCUT2D eigenvalue weighted by Crippen LogP contribution is -2.52. The summed E-state index contributed by atoms with van der Waals surface area (Å²) in [5.41, 5.74) is 1.26. The fourth-order valence-corrected chi connectivity index (χ4v) is 3.25. The molecule has 2 saturated heterocycles. The van der Waals surface area contributed by atoms with Crippen LogP contribution >= 0.6 is 24.0 Å². The zero-order chi connectivity index (χ0) is 15.4. The van der Waals surface area contributed by atoms with Gasteiger partial charge in [-0.05, 0) is 37.0 Å². The number of carbonyl (C=O) groups is 1. The zero-order valence-electron chi connectivity index (χ0n) is 13.2. The van der Waals surface area contributed by atoms with Crippen molar-refractivity contribution in [1.82, 2.24) is 10.2 Å². The number of nitrogens with zero attached hydrogens (tertiary/aromatic N) is 1. The van der Waals surface area contributed by atoms with Crippen molar-refractivity contribution in [3.8, 4) is 0 Å². The van der Waals surface area contributed by atoms with Gasteiger partial charge in [-0.15, -0.1) is 12.4 Å². The van der Waals surface area contributed by atoms with Crippen molar-refractivity contribution in [2.45, 2.75) is 37.8 Å². The van der Waals surface area contributed by atoms with Crippen molar-refractivity contribution in [1.29, 1.82) is 0 Å². The van der Waals surface area contributed by atoms with E-state index in [1.165, 1.54) is 5.56 Å². The molecule has 1 aromatic carbocycles. The minimum absolute atomic E-state index is 0. The molecule has 3 rings (SSSR count). The van der Waals surface area contributed by atoms with Gasteiger partial charge in [-0.3, -0.25) is 4.79 Å². The third kappa shape index (κ3) is 5.35. The molecular formula is C17H24Cl2N2O2. The Morgan fingerprint density at radius 2 is 2.04 bits per heavy atom. The number of piperidine rings is 1. The molecule has 6 heteroatoms. The Kier molecular flexibility index (Phi) is 7.15. The lowest BCUT2D eigenvalue weighted by Gasteiger charge is -2.35. The standard InChI is InChI=1S/C17H23ClN2O2.ClH/c18-14-6-4-13(5-7-14)9-15-12-22-16(10-19-15)11-20-8-2-1-3-17(20)21;/h4-7,15-16,19H,1-3,8-12H2;1H/t15-,16+;/m0./s1. The van der Waals surface area contributed by atoms with Gasteiger partial charge in [-0.1, -0.05) is 23.7 Å². The second-order valence-corrected chi connectivity index (χ2v) is 6.62. The molecule has 1 amide bonds. The van der Waals surface area contributed by atoms with Crippen molar-refractivity contribution < 1.29 is 9.53 Å². The molecule has 2 heterocycles. The van der Waals surface area contributed by atoms with E-state index in [4.69, 9.17) is 16.3 Å². The lowest BCUT2D eigenvalue weighted by molar-refractivity contribution is -0.136. The Morgan fingerprint density at radius 1 is 1.26 bits per heavy atom. The summed E-state index contributed by atoms with van der Waals surface area (Å²) in [6, 6.07) is 8.29. The molecule has 23 heavy (non-hydrogen) atoms. The Balaban J connectivity index is 0.00000192. The highest BCUT2D eigenvalue weighted by atomic mass is 35.5. The molecule has 2 fully saturated rings. The van der Waals surface area contributed by atoms with E-state index in [0.29, 0.717) is 19.1 Å². The number of nitrogens with one attached hydrogen (secondary N) is 1. The predicted octanol–water partition coefficient (Wildman–Crippen LogP) is 2.67. The molecule has 2 aliphatic rings. The zero-order valence-corrected chi connectivity index (χ0v) is 14.7. The largest absolute Gasteiger partial charge is 0.373 e. The van der Waals surface area contributed by atoms with Crippen molar-refractivity contribution in [3.63, 3.8) is 0 Å². The number of hydrogen-bond acceptors (Lipinski definition) is 3. The van der Waals surface area contributed by atoms with E-state index in [2.05, 4.69) is 17.4 Å². The third-order valence-corrected chi connectivity index (χ3v) is 4.66. The van der Waals surface area contributed by atoms with Crippen LogP contribution in [0, 0.1) is 0 Å². The number of rotatable bonds is 4. The summed E-state index contributed by atoms with van der Waals surface area (Å²) in [6.45, 7) is 3.10. The fraction of sp³-hybridized carbons (Fsp3) is 0.588. The van der Waals surface area contributed by atoms with Gasteiger partial charge < -0.3 is 15.0 Å². The highest BCUT2D eigenvalue weighted by molar-refractivity contribution is 6.30. The molecule has 0 bridgehead atoms. The van der Waals surface area contributed by atoms with Crippen molar-refractivity contribution >= 4 is 29.9 Å². The fourth-order valence-electron chi connectivity index (χ4n) is 3.12. The van der Waals surface area contributed by atoms with Crippen LogP contribution in [0.3, 0.4) is 0 Å². The van der Waals surface area contributed by atoms with Crippen molar-refractivity contribution in [3.05, 3.63) is 34.9 Å². The monoisotopic (exact) mass is 358 g/mol. The van der Waals surface area contributed by atoms with E-state index in [9.17, 15) is 4.79 Å². The van der Waals surface area contributed by atoms with Crippen LogP contribution < -0.4 is 5.32 Å². The number of hydrogen-bond donors (Lipinski definition) is 1. The van der Waals surface area contributed by atoms with Crippen molar-refractivity contribution in [2.24, 2.45) is 0 Å². The van der Waals surface area contributed by atoms with Crippen LogP contribution in [0.25, 0.3) is 0 Å². The first-order valence-electron chi connectivity index (χ1n) is 8.08. The smallest absolute Gasteiger partial charge is 0.222 e. The number of amides is 1. The molecular weight excluding hydrogens is 335 g/mol. The minimum atomic E-state index is 0. The van der Waals surface area contributed by atoms with Gasteiger partial charge in [-0.25, -0.2) is 0 Å². The topological polar surface area (TPSA) is 41.6 Å². The number of morpholine rings is 1. The van der Waals surface area contributed by atoms with Crippen LogP contribution in [-0.2, 0) is 16.0 Å². The maximum absolute atomic E-state index is 11.8. The Morgan fingerprint density at radius 3 is 2.70 bits per heavy atom. The molecule has 0 aliphatic carbocycles. The van der Waals surface area contributed by atoms with Crippen molar-refractivity contribution in [2.75, 3.05) is 26.2 Å². The molecule has 1 N–H and O–H groups in total. The molecule has 128 valence electrons. The van der Waals surface area contributed by atoms with Crippen LogP contribution in [0.1, 0.15) is 24.8 Å². The molecule has 0 radical (unpaired) electrons. The summed E-state index contributed by atoms with van der Waals surface area (Å²) in [4.78, 5) is 13.8. The van der Waals surface area contributed by atoms with Gasteiger partial charge in [0.15, 0.2) is 0 Å². The predicted molar refractivity (Wildman–Crippen MR) is 94.4 cm³/mol. The van der Waals surface area contributed by atoms with Gasteiger partial charge in [0.25, 0.3) is 0 Å². The molecule has 2 aliphatic heterocycles. The first-order valence-corrected chi connectivity index (χ1v) is 8.46. The average molecular weight is 359 g/mol. The Labute approximate surface area is 148 Å². The summed E-state index contributed by atoms with van der Waals surface area (Å²) in [7, 11) is 0. The maximum atomic E-state index is 11.8. The highest BCUT2D eigenvalue weighted by Gasteiger charge is 2.26. The van der Waals surface area contributed by atoms with Crippen LogP contribution in [0.2, 0.25) is 5.02 Å². The molecule has 0 spiro atoms. The molecule has 4 nitrogen and oxygen atoms in total. The van der Waals surface area contributed by atoms with Gasteiger partial charge in [0.05, 0.1) is 12.7 Å². The average Bonchev–Trinajstić information content (AvgIpc) is 2.54. The van der Waals surface area contributed by atoms with E-state index in [1.54, 1.807) is 0 Å². The Hall–Kier alpha value is -0.810. The third-order valence-electron chi connectivity index (χ3n) is 4.41. The number of halogens is 2. The summed E-state index contributed by atoms with van der Waals surface area (Å²) in [5, 5.41) is 4.31. The minimum Gasteiger partial charge on any atom is -0.373 e. The molecule has 1 aromatic rings. The normalized spacial score (nSPS) is 25.1. The molecule has 0 saturated carbocycles. The molecule has 0 unspecified atom stereocenters.